The van der Waals surface area contributed by atoms with Crippen LogP contribution in [-0.2, 0) is 25.6 Å². The molecule has 5 atom stereocenters. The van der Waals surface area contributed by atoms with Gasteiger partial charge in [0.15, 0.2) is 0 Å². The van der Waals surface area contributed by atoms with Crippen LogP contribution in [0.5, 0.6) is 6.01 Å². The van der Waals surface area contributed by atoms with Crippen LogP contribution in [0, 0.1) is 23.2 Å². The van der Waals surface area contributed by atoms with Crippen molar-refractivity contribution in [2.24, 2.45) is 11.8 Å². The topological polar surface area (TPSA) is 153 Å². The number of alkyl carbamates (subject to hydrolysis) is 1. The van der Waals surface area contributed by atoms with Crippen LogP contribution in [0.3, 0.4) is 0 Å². The van der Waals surface area contributed by atoms with Gasteiger partial charge in [0.1, 0.15) is 24.3 Å². The van der Waals surface area contributed by atoms with Crippen LogP contribution in [0.4, 0.5) is 4.79 Å². The molecule has 3 heterocycles. The van der Waals surface area contributed by atoms with Crippen molar-refractivity contribution >= 4 is 28.9 Å². The summed E-state index contributed by atoms with van der Waals surface area (Å²) in [6.07, 6.45) is 10.2. The molecule has 238 valence electrons. The Morgan fingerprint density at radius 3 is 2.62 bits per heavy atom. The first-order valence-electron chi connectivity index (χ1n) is 16.0. The molecule has 0 unspecified atom stereocenters. The Balaban J connectivity index is 1.39. The van der Waals surface area contributed by atoms with E-state index in [1.807, 2.05) is 12.2 Å². The smallest absolute Gasteiger partial charge is 0.408 e. The summed E-state index contributed by atoms with van der Waals surface area (Å²) >= 11 is 0. The number of hydrogen-bond acceptors (Lipinski definition) is 9. The van der Waals surface area contributed by atoms with Gasteiger partial charge in [0.25, 0.3) is 11.6 Å². The maximum atomic E-state index is 14.2. The molecule has 2 aliphatic heterocycles. The molecule has 1 N–H and O–H groups in total. The summed E-state index contributed by atoms with van der Waals surface area (Å²) in [6.45, 7) is 0.231. The number of carbonyl (C=O) groups excluding carboxylic acids is 3. The van der Waals surface area contributed by atoms with Crippen LogP contribution in [0.2, 0.25) is 0 Å². The van der Waals surface area contributed by atoms with Crippen molar-refractivity contribution in [1.29, 1.82) is 5.26 Å². The fourth-order valence-electron chi connectivity index (χ4n) is 7.40. The second kappa shape index (κ2) is 13.3. The molecule has 12 heteroatoms. The largest absolute Gasteiger partial charge is 0.467 e. The Hall–Kier alpha value is -4.40. The molecule has 45 heavy (non-hydrogen) atoms. The lowest BCUT2D eigenvalue weighted by Crippen LogP contribution is -2.55. The lowest BCUT2D eigenvalue weighted by Gasteiger charge is -2.31. The number of ether oxygens (including phenoxy) is 3. The van der Waals surface area contributed by atoms with E-state index >= 15 is 0 Å². The number of nitrogens with one attached hydrogen (secondary N) is 1. The first-order chi connectivity index (χ1) is 21.9. The van der Waals surface area contributed by atoms with Gasteiger partial charge in [-0.3, -0.25) is 14.2 Å². The second-order valence-corrected chi connectivity index (χ2v) is 12.5. The molecule has 1 aromatic heterocycles. The number of amides is 2. The maximum absolute atomic E-state index is 14.2. The molecule has 0 spiro atoms. The third-order valence-electron chi connectivity index (χ3n) is 9.76. The predicted octanol–water partition coefficient (Wildman–Crippen LogP) is 3.59. The Bertz CT molecular complexity index is 1590. The van der Waals surface area contributed by atoms with Gasteiger partial charge >= 0.3 is 12.1 Å². The number of hydrogen-bond donors (Lipinski definition) is 1. The van der Waals surface area contributed by atoms with E-state index in [-0.39, 0.29) is 54.9 Å². The second-order valence-electron chi connectivity index (χ2n) is 12.5. The van der Waals surface area contributed by atoms with Crippen molar-refractivity contribution in [2.75, 3.05) is 13.7 Å². The van der Waals surface area contributed by atoms with Gasteiger partial charge in [-0.2, -0.15) is 10.2 Å². The minimum absolute atomic E-state index is 0.0330. The number of methoxy groups -OCH3 is 1. The standard InChI is InChI=1S/C33H39N5O7/c1-43-31(41)26-17-23-19-38(26)30(40)28(22-9-4-5-10-22)36-33(42)45-27-12-7-11-21(27)8-3-2-6-15-37-29(39)24-14-13-20(18-34)16-25(24)35-32(37)44-23/h2,6,13-14,16,21-23,26-28H,3-5,7-12,15,17,19H2,1H3,(H,36,42)/b6-2-/t21-,23-,26+,27-,28+/m1/s1. The minimum atomic E-state index is -0.943. The van der Waals surface area contributed by atoms with Crippen LogP contribution in [0.25, 0.3) is 10.9 Å². The number of fused-ring (bicyclic) bond motifs is 5. The molecule has 2 bridgehead atoms. The number of esters is 1. The van der Waals surface area contributed by atoms with Crippen molar-refractivity contribution < 1.29 is 28.6 Å². The van der Waals surface area contributed by atoms with Crippen molar-refractivity contribution in [2.45, 2.75) is 95.0 Å². The van der Waals surface area contributed by atoms with Gasteiger partial charge in [-0.15, -0.1) is 0 Å². The van der Waals surface area contributed by atoms with Crippen molar-refractivity contribution in [3.8, 4) is 12.1 Å². The van der Waals surface area contributed by atoms with Gasteiger partial charge in [0.2, 0.25) is 5.91 Å². The zero-order chi connectivity index (χ0) is 31.5. The molecule has 2 aromatic rings. The van der Waals surface area contributed by atoms with Crippen LogP contribution in [-0.4, -0.2) is 70.4 Å². The average Bonchev–Trinajstić information content (AvgIpc) is 3.82. The Morgan fingerprint density at radius 2 is 1.84 bits per heavy atom. The summed E-state index contributed by atoms with van der Waals surface area (Å²) in [5.74, 6) is -0.858. The molecular formula is C33H39N5O7. The number of nitriles is 1. The summed E-state index contributed by atoms with van der Waals surface area (Å²) < 4.78 is 18.8. The number of aromatic nitrogens is 2. The number of carbonyl (C=O) groups is 3. The van der Waals surface area contributed by atoms with E-state index in [4.69, 9.17) is 14.2 Å². The number of allylic oxidation sites excluding steroid dienone is 2. The molecule has 0 radical (unpaired) electrons. The Labute approximate surface area is 261 Å². The number of nitrogens with zero attached hydrogens (tertiary/aromatic N) is 4. The molecule has 12 nitrogen and oxygen atoms in total. The highest BCUT2D eigenvalue weighted by atomic mass is 16.6. The van der Waals surface area contributed by atoms with Crippen molar-refractivity contribution in [3.63, 3.8) is 0 Å². The first kappa shape index (κ1) is 30.6. The summed E-state index contributed by atoms with van der Waals surface area (Å²) in [6, 6.07) is 5.03. The molecule has 2 amide bonds. The van der Waals surface area contributed by atoms with E-state index in [0.717, 1.165) is 57.8 Å². The molecule has 1 saturated heterocycles. The van der Waals surface area contributed by atoms with E-state index < -0.39 is 30.3 Å². The van der Waals surface area contributed by atoms with Gasteiger partial charge < -0.3 is 24.4 Å². The van der Waals surface area contributed by atoms with Gasteiger partial charge in [0.05, 0.1) is 36.2 Å². The average molecular weight is 618 g/mol. The van der Waals surface area contributed by atoms with E-state index in [1.54, 1.807) is 18.2 Å². The zero-order valence-electron chi connectivity index (χ0n) is 25.5. The lowest BCUT2D eigenvalue weighted by molar-refractivity contribution is -0.152. The molecule has 1 aromatic carbocycles. The first-order valence-corrected chi connectivity index (χ1v) is 16.0. The normalized spacial score (nSPS) is 28.5. The molecular weight excluding hydrogens is 578 g/mol. The van der Waals surface area contributed by atoms with E-state index in [1.165, 1.54) is 16.6 Å². The Morgan fingerprint density at radius 1 is 1.04 bits per heavy atom. The number of rotatable bonds is 2. The van der Waals surface area contributed by atoms with Crippen LogP contribution < -0.4 is 15.6 Å². The SMILES string of the molecule is COC(=O)[C@@H]1C[C@@H]2CN1C(=O)[C@H](C1CCCC1)NC(=O)O[C@@H]1CCC[C@H]1CC/C=C\Cn1c(nc3cc(C#N)ccc3c1=O)O2. The quantitative estimate of drug-likeness (QED) is 0.394. The summed E-state index contributed by atoms with van der Waals surface area (Å²) in [5.41, 5.74) is 0.363. The van der Waals surface area contributed by atoms with Gasteiger partial charge in [-0.05, 0) is 75.0 Å². The van der Waals surface area contributed by atoms with Crippen LogP contribution in [0.1, 0.15) is 69.8 Å². The predicted molar refractivity (Wildman–Crippen MR) is 162 cm³/mol. The van der Waals surface area contributed by atoms with Crippen LogP contribution in [0.15, 0.2) is 35.1 Å². The molecule has 2 saturated carbocycles. The molecule has 6 rings (SSSR count). The lowest BCUT2D eigenvalue weighted by atomic mass is 9.96. The summed E-state index contributed by atoms with van der Waals surface area (Å²) in [7, 11) is 1.27. The van der Waals surface area contributed by atoms with E-state index in [0.29, 0.717) is 16.5 Å². The van der Waals surface area contributed by atoms with Crippen molar-refractivity contribution in [3.05, 3.63) is 46.3 Å². The summed E-state index contributed by atoms with van der Waals surface area (Å²) in [4.78, 5) is 60.2. The summed E-state index contributed by atoms with van der Waals surface area (Å²) in [5, 5.41) is 12.7. The Kier molecular flexibility index (Phi) is 9.05. The monoisotopic (exact) mass is 617 g/mol. The minimum Gasteiger partial charge on any atom is -0.467 e. The highest BCUT2D eigenvalue weighted by Gasteiger charge is 2.46. The van der Waals surface area contributed by atoms with Gasteiger partial charge in [-0.1, -0.05) is 25.0 Å². The van der Waals surface area contributed by atoms with Gasteiger partial charge in [-0.25, -0.2) is 9.59 Å². The highest BCUT2D eigenvalue weighted by molar-refractivity contribution is 5.90. The van der Waals surface area contributed by atoms with Crippen molar-refractivity contribution in [1.82, 2.24) is 19.8 Å². The highest BCUT2D eigenvalue weighted by Crippen LogP contribution is 2.34. The maximum Gasteiger partial charge on any atom is 0.408 e. The van der Waals surface area contributed by atoms with Crippen LogP contribution >= 0.6 is 0 Å². The third-order valence-corrected chi connectivity index (χ3v) is 9.76. The van der Waals surface area contributed by atoms with E-state index in [2.05, 4.69) is 16.4 Å². The fraction of sp³-hybridized carbons (Fsp3) is 0.576. The molecule has 4 aliphatic rings. The van der Waals surface area contributed by atoms with E-state index in [9.17, 15) is 24.4 Å². The molecule has 3 fully saturated rings. The van der Waals surface area contributed by atoms with Gasteiger partial charge in [0, 0.05) is 13.0 Å². The number of benzene rings is 1. The third kappa shape index (κ3) is 6.39. The fourth-order valence-corrected chi connectivity index (χ4v) is 7.40. The molecule has 2 aliphatic carbocycles. The zero-order valence-corrected chi connectivity index (χ0v) is 25.5.